The van der Waals surface area contributed by atoms with Crippen molar-refractivity contribution in [3.8, 4) is 0 Å². The number of carboxylic acid groups (broad SMARTS) is 4. The number of amides is 11. The number of aliphatic hydroxyl groups excluding tert-OH is 1. The van der Waals surface area contributed by atoms with Crippen LogP contribution in [0.4, 0.5) is 0 Å². The van der Waals surface area contributed by atoms with Crippen LogP contribution in [0.2, 0.25) is 0 Å². The predicted octanol–water partition coefficient (Wildman–Crippen LogP) is -3.52. The van der Waals surface area contributed by atoms with Gasteiger partial charge in [-0.1, -0.05) is 73.1 Å². The van der Waals surface area contributed by atoms with Gasteiger partial charge in [-0.15, -0.1) is 0 Å². The number of hydrogen-bond acceptors (Lipinski definition) is 17. The molecule has 5 unspecified atom stereocenters. The van der Waals surface area contributed by atoms with E-state index in [1.165, 1.54) is 40.7 Å². The minimum atomic E-state index is -2.84. The van der Waals surface area contributed by atoms with E-state index in [2.05, 4.69) is 44.1 Å². The first-order valence-electron chi connectivity index (χ1n) is 29.5. The van der Waals surface area contributed by atoms with Gasteiger partial charge in [0.1, 0.15) is 54.4 Å². The highest BCUT2D eigenvalue weighted by Crippen LogP contribution is 2.26. The normalized spacial score (nSPS) is 26.1. The topological polar surface area (TPSA) is 507 Å². The van der Waals surface area contributed by atoms with Gasteiger partial charge < -0.3 is 89.3 Å². The van der Waals surface area contributed by atoms with Gasteiger partial charge in [0.25, 0.3) is 0 Å². The largest absolute Gasteiger partial charge is 0.481 e. The van der Waals surface area contributed by atoms with Crippen LogP contribution in [0.3, 0.4) is 0 Å². The van der Waals surface area contributed by atoms with Gasteiger partial charge in [0, 0.05) is 12.6 Å². The molecule has 2 fully saturated rings. The van der Waals surface area contributed by atoms with Crippen molar-refractivity contribution in [2.75, 3.05) is 19.6 Å². The lowest BCUT2D eigenvalue weighted by Gasteiger charge is -2.34. The fourth-order valence-electron chi connectivity index (χ4n) is 9.41. The van der Waals surface area contributed by atoms with Crippen molar-refractivity contribution >= 4 is 88.9 Å². The van der Waals surface area contributed by atoms with Gasteiger partial charge in [-0.2, -0.15) is 0 Å². The maximum Gasteiger partial charge on any atom is 0.335 e. The molecule has 89 heavy (non-hydrogen) atoms. The maximum absolute atomic E-state index is 14.8. The molecule has 0 aliphatic carbocycles. The first-order valence-corrected chi connectivity index (χ1v) is 29.5. The number of nitrogens with one attached hydrogen (secondary N) is 10. The number of hydrogen-bond donors (Lipinski definition) is 16. The molecule has 32 nitrogen and oxygen atoms in total. The first kappa shape index (κ1) is 76.5. The monoisotopic (exact) mass is 1260 g/mol. The maximum atomic E-state index is 14.8. The lowest BCUT2D eigenvalue weighted by atomic mass is 9.97. The van der Waals surface area contributed by atoms with Gasteiger partial charge >= 0.3 is 23.9 Å². The van der Waals surface area contributed by atoms with E-state index in [1.54, 1.807) is 13.0 Å². The Morgan fingerprint density at radius 1 is 0.663 bits per heavy atom. The van der Waals surface area contributed by atoms with Gasteiger partial charge in [0.15, 0.2) is 6.10 Å². The van der Waals surface area contributed by atoms with Gasteiger partial charge in [0.05, 0.1) is 30.8 Å². The standard InChI is InChI=1S/C57H90N12O20/c1-11-28(6)18-14-12-13-15-20-36(70)63-41(30(8)55(84)85)51(80)67-43-32(10)60-48(77)35-22-29(7)25-69(35)54(83)40(27(4)5)66-50(79)42(31(9)56(86)87)64-37(71)24-59-46(75)34(23-38(72)73)62-53(82)44(45(74)57(88)89)68-47(76)33(19-16-17-21-58)61-49(78)39(26(2)3)65-52(43)81/h12-13,15,20,26-35,39-45,74H,11,14,16-19,21-25,58H2,1-10H3,(H,59,75)(H,60,77)(H,61,78)(H,62,82)(H,63,70)(H,64,71)(H,65,81)(H,66,79)(H,67,80)(H,68,76)(H,72,73)(H,84,85)(H,86,87)(H,88,89)/b13-12-,20-15+/t28?,29-,30?,31?,32?,33+,34+,35+,39-,40+,41+,42-,43+,44+,45?/m1/s1. The number of carbonyl (C=O) groups is 15. The number of carboxylic acids is 4. The number of allylic oxidation sites excluding steroid dienone is 3. The van der Waals surface area contributed by atoms with Crippen molar-refractivity contribution in [2.45, 2.75) is 187 Å². The van der Waals surface area contributed by atoms with Crippen LogP contribution in [0.5, 0.6) is 0 Å². The van der Waals surface area contributed by atoms with Crippen molar-refractivity contribution in [1.82, 2.24) is 58.1 Å². The van der Waals surface area contributed by atoms with E-state index in [0.29, 0.717) is 12.3 Å². The molecule has 0 bridgehead atoms. The summed E-state index contributed by atoms with van der Waals surface area (Å²) in [5.41, 5.74) is 5.69. The van der Waals surface area contributed by atoms with Crippen LogP contribution in [-0.4, -0.2) is 205 Å². The summed E-state index contributed by atoms with van der Waals surface area (Å²) in [6.45, 7) is 13.9. The van der Waals surface area contributed by atoms with E-state index in [9.17, 15) is 97.5 Å². The highest BCUT2D eigenvalue weighted by molar-refractivity contribution is 6.02. The summed E-state index contributed by atoms with van der Waals surface area (Å²) in [6, 6.07) is -18.6. The Morgan fingerprint density at radius 3 is 1.81 bits per heavy atom. The number of aliphatic hydroxyl groups is 1. The molecule has 2 heterocycles. The summed E-state index contributed by atoms with van der Waals surface area (Å²) in [7, 11) is 0. The van der Waals surface area contributed by atoms with Crippen LogP contribution < -0.4 is 58.9 Å². The second-order valence-electron chi connectivity index (χ2n) is 23.2. The Morgan fingerprint density at radius 2 is 1.25 bits per heavy atom. The highest BCUT2D eigenvalue weighted by Gasteiger charge is 2.45. The molecule has 0 aromatic heterocycles. The van der Waals surface area contributed by atoms with Crippen LogP contribution in [-0.2, 0) is 71.9 Å². The van der Waals surface area contributed by atoms with Crippen molar-refractivity contribution < 1.29 is 97.5 Å². The lowest BCUT2D eigenvalue weighted by Crippen LogP contribution is -2.65. The van der Waals surface area contributed by atoms with Crippen molar-refractivity contribution in [3.05, 3.63) is 24.3 Å². The average molecular weight is 1260 g/mol. The zero-order valence-corrected chi connectivity index (χ0v) is 51.8. The molecular formula is C57H90N12O20. The fraction of sp³-hybridized carbons (Fsp3) is 0.667. The van der Waals surface area contributed by atoms with Crippen LogP contribution in [0, 0.1) is 35.5 Å². The minimum absolute atomic E-state index is 0.0276. The molecule has 0 aromatic rings. The third-order valence-electron chi connectivity index (χ3n) is 15.2. The van der Waals surface area contributed by atoms with E-state index in [0.717, 1.165) is 37.7 Å². The molecule has 0 radical (unpaired) electrons. The highest BCUT2D eigenvalue weighted by atomic mass is 16.4. The summed E-state index contributed by atoms with van der Waals surface area (Å²) >= 11 is 0. The Kier molecular flexibility index (Phi) is 31.6. The summed E-state index contributed by atoms with van der Waals surface area (Å²) in [4.78, 5) is 205. The molecule has 0 saturated carbocycles. The Hall–Kier alpha value is -8.55. The molecule has 17 N–H and O–H groups in total. The van der Waals surface area contributed by atoms with Crippen molar-refractivity contribution in [2.24, 2.45) is 41.2 Å². The quantitative estimate of drug-likeness (QED) is 0.0268. The van der Waals surface area contributed by atoms with Crippen LogP contribution in [0.15, 0.2) is 24.3 Å². The third-order valence-corrected chi connectivity index (χ3v) is 15.2. The Bertz CT molecular complexity index is 2650. The molecule has 498 valence electrons. The Labute approximate surface area is 515 Å². The second kappa shape index (κ2) is 36.7. The molecule has 0 aromatic carbocycles. The van der Waals surface area contributed by atoms with Crippen LogP contribution in [0.25, 0.3) is 0 Å². The molecular weight excluding hydrogens is 1170 g/mol. The van der Waals surface area contributed by atoms with E-state index >= 15 is 0 Å². The summed E-state index contributed by atoms with van der Waals surface area (Å²) < 4.78 is 0. The number of rotatable bonds is 23. The first-order chi connectivity index (χ1) is 41.6. The zero-order valence-electron chi connectivity index (χ0n) is 51.8. The molecule has 32 heteroatoms. The van der Waals surface area contributed by atoms with Crippen LogP contribution >= 0.6 is 0 Å². The predicted molar refractivity (Wildman–Crippen MR) is 314 cm³/mol. The van der Waals surface area contributed by atoms with Gasteiger partial charge in [0.2, 0.25) is 65.0 Å². The van der Waals surface area contributed by atoms with Gasteiger partial charge in [-0.3, -0.25) is 67.1 Å². The van der Waals surface area contributed by atoms with Crippen molar-refractivity contribution in [3.63, 3.8) is 0 Å². The summed E-state index contributed by atoms with van der Waals surface area (Å²) in [5, 5.41) is 73.2. The SMILES string of the molecule is CCC(C)CC/C=C\C=C\C(=O)N[C@H](C(=O)N[C@@H]1C(=O)N[C@H](C(C)C)C(=O)N[C@@H](CCCCN)C(=O)N[C@@H](C(O)C(=O)O)C(=O)N[C@@H](CC(=O)O)C(=O)NCC(=O)N[C@H](C(C)C(=O)O)C(=O)N[C@@H](C(C)C)C(=O)N2C[C@H](C)C[C@H]2C(=O)NC1C)C(C)C(=O)O. The molecule has 15 atom stereocenters. The second-order valence-corrected chi connectivity index (χ2v) is 23.2. The zero-order chi connectivity index (χ0) is 67.7. The molecule has 2 saturated heterocycles. The van der Waals surface area contributed by atoms with E-state index in [4.69, 9.17) is 5.73 Å². The lowest BCUT2D eigenvalue weighted by molar-refractivity contribution is -0.153. The molecule has 11 amide bonds. The van der Waals surface area contributed by atoms with E-state index < -0.39 is 198 Å². The summed E-state index contributed by atoms with van der Waals surface area (Å²) in [6.07, 6.45) is 4.14. The number of carbonyl (C=O) groups excluding carboxylic acids is 11. The van der Waals surface area contributed by atoms with Crippen LogP contribution in [0.1, 0.15) is 121 Å². The Balaban J connectivity index is 2.96. The molecule has 2 aliphatic heterocycles. The third kappa shape index (κ3) is 24.2. The summed E-state index contributed by atoms with van der Waals surface area (Å²) in [5.74, 6) is -25.6. The molecule has 2 rings (SSSR count). The van der Waals surface area contributed by atoms with E-state index in [-0.39, 0.29) is 38.8 Å². The number of nitrogens with two attached hydrogens (primary N) is 1. The van der Waals surface area contributed by atoms with Crippen molar-refractivity contribution in [1.29, 1.82) is 0 Å². The van der Waals surface area contributed by atoms with E-state index in [1.807, 2.05) is 29.0 Å². The molecule has 2 aliphatic rings. The average Bonchev–Trinajstić information content (AvgIpc) is 2.39. The number of unbranched alkanes of at least 4 members (excludes halogenated alkanes) is 1. The fourth-order valence-corrected chi connectivity index (χ4v) is 9.41. The van der Waals surface area contributed by atoms with Gasteiger partial charge in [-0.25, -0.2) is 4.79 Å². The number of nitrogens with zero attached hydrogens (tertiary/aromatic N) is 1. The van der Waals surface area contributed by atoms with Gasteiger partial charge in [-0.05, 0) is 89.5 Å². The minimum Gasteiger partial charge on any atom is -0.481 e. The molecule has 0 spiro atoms. The number of aliphatic carboxylic acids is 4. The smallest absolute Gasteiger partial charge is 0.335 e. The number of fused-ring (bicyclic) bond motifs is 1.